The lowest BCUT2D eigenvalue weighted by Crippen LogP contribution is -2.54. The van der Waals surface area contributed by atoms with Crippen LogP contribution in [-0.4, -0.2) is 62.3 Å². The van der Waals surface area contributed by atoms with Crippen LogP contribution in [0.1, 0.15) is 18.0 Å². The van der Waals surface area contributed by atoms with Crippen LogP contribution in [0.3, 0.4) is 0 Å². The van der Waals surface area contributed by atoms with Gasteiger partial charge in [0, 0.05) is 12.6 Å². The molecule has 31 heavy (non-hydrogen) atoms. The minimum Gasteiger partial charge on any atom is -0.389 e. The van der Waals surface area contributed by atoms with Crippen LogP contribution >= 0.6 is 0 Å². The average molecular weight is 432 g/mol. The van der Waals surface area contributed by atoms with Gasteiger partial charge in [0.25, 0.3) is 5.92 Å². The first-order valence-electron chi connectivity index (χ1n) is 9.77. The second-order valence-corrected chi connectivity index (χ2v) is 7.86. The molecule has 0 saturated carbocycles. The third-order valence-electron chi connectivity index (χ3n) is 5.54. The number of amides is 2. The molecule has 4 heterocycles. The van der Waals surface area contributed by atoms with Gasteiger partial charge in [0.1, 0.15) is 17.3 Å². The van der Waals surface area contributed by atoms with E-state index in [1.54, 1.807) is 18.3 Å². The Morgan fingerprint density at radius 2 is 2.06 bits per heavy atom. The number of benzene rings is 1. The number of β-amino-alcohol motifs (C(OH)–C–C–N with tert-alkyl or cyclic N) is 1. The van der Waals surface area contributed by atoms with E-state index in [0.717, 1.165) is 0 Å². The Kier molecular flexibility index (Phi) is 4.50. The first-order chi connectivity index (χ1) is 14.8. The minimum absolute atomic E-state index is 0.238. The standard InChI is InChI=1S/C20H19F3N6O2/c21-13-3-1-2-12(6-13)16-7-20(22,23)11-28(16)17-4-5-29-18(26-17)15(8-24-29)25-19(31)27-9-14(30)10-27/h1-6,8,14,16,30H,7,9-11H2,(H,25,31)/t16-/m1/s1. The Balaban J connectivity index is 1.46. The van der Waals surface area contributed by atoms with Gasteiger partial charge in [0.15, 0.2) is 5.65 Å². The summed E-state index contributed by atoms with van der Waals surface area (Å²) >= 11 is 0. The van der Waals surface area contributed by atoms with Crippen LogP contribution in [0, 0.1) is 5.82 Å². The molecular formula is C20H19F3N6O2. The molecule has 2 amide bonds. The number of alkyl halides is 2. The van der Waals surface area contributed by atoms with Crippen molar-refractivity contribution in [3.63, 3.8) is 0 Å². The van der Waals surface area contributed by atoms with E-state index in [9.17, 15) is 23.1 Å². The molecule has 2 aliphatic rings. The first kappa shape index (κ1) is 19.6. The maximum Gasteiger partial charge on any atom is 0.322 e. The molecule has 5 rings (SSSR count). The highest BCUT2D eigenvalue weighted by atomic mass is 19.3. The van der Waals surface area contributed by atoms with Gasteiger partial charge in [-0.3, -0.25) is 0 Å². The van der Waals surface area contributed by atoms with Crippen molar-refractivity contribution < 1.29 is 23.1 Å². The number of hydrogen-bond donors (Lipinski definition) is 2. The highest BCUT2D eigenvalue weighted by Crippen LogP contribution is 2.43. The first-order valence-corrected chi connectivity index (χ1v) is 9.77. The van der Waals surface area contributed by atoms with Gasteiger partial charge < -0.3 is 20.2 Å². The van der Waals surface area contributed by atoms with E-state index in [-0.39, 0.29) is 18.9 Å². The summed E-state index contributed by atoms with van der Waals surface area (Å²) in [5.74, 6) is -3.18. The van der Waals surface area contributed by atoms with Crippen LogP contribution in [0.4, 0.5) is 29.5 Å². The molecule has 8 nitrogen and oxygen atoms in total. The van der Waals surface area contributed by atoms with Gasteiger partial charge in [-0.2, -0.15) is 5.10 Å². The fourth-order valence-corrected chi connectivity index (χ4v) is 3.99. The van der Waals surface area contributed by atoms with Crippen molar-refractivity contribution >= 4 is 23.2 Å². The Hall–Kier alpha value is -3.34. The number of carbonyl (C=O) groups is 1. The molecule has 11 heteroatoms. The normalized spacial score (nSPS) is 20.8. The minimum atomic E-state index is -2.96. The van der Waals surface area contributed by atoms with Crippen molar-refractivity contribution in [2.75, 3.05) is 29.9 Å². The number of aliphatic hydroxyl groups excluding tert-OH is 1. The number of urea groups is 1. The number of aromatic nitrogens is 3. The van der Waals surface area contributed by atoms with E-state index in [1.807, 2.05) is 0 Å². The molecule has 2 aromatic heterocycles. The van der Waals surface area contributed by atoms with Gasteiger partial charge in [-0.05, 0) is 23.8 Å². The molecule has 3 aromatic rings. The summed E-state index contributed by atoms with van der Waals surface area (Å²) in [4.78, 5) is 19.6. The second kappa shape index (κ2) is 7.12. The highest BCUT2D eigenvalue weighted by molar-refractivity contribution is 5.93. The molecule has 2 fully saturated rings. The lowest BCUT2D eigenvalue weighted by Gasteiger charge is -2.35. The number of anilines is 2. The summed E-state index contributed by atoms with van der Waals surface area (Å²) in [6.07, 6.45) is 2.00. The summed E-state index contributed by atoms with van der Waals surface area (Å²) in [5.41, 5.74) is 1.05. The zero-order valence-corrected chi connectivity index (χ0v) is 16.3. The largest absolute Gasteiger partial charge is 0.389 e. The van der Waals surface area contributed by atoms with Crippen molar-refractivity contribution in [2.24, 2.45) is 0 Å². The topological polar surface area (TPSA) is 86.0 Å². The fourth-order valence-electron chi connectivity index (χ4n) is 3.99. The van der Waals surface area contributed by atoms with Crippen LogP contribution in [0.15, 0.2) is 42.7 Å². The molecule has 1 aromatic carbocycles. The van der Waals surface area contributed by atoms with Crippen molar-refractivity contribution in [2.45, 2.75) is 24.5 Å². The zero-order chi connectivity index (χ0) is 21.8. The molecule has 0 unspecified atom stereocenters. The number of aliphatic hydroxyl groups is 1. The Labute approximate surface area is 174 Å². The van der Waals surface area contributed by atoms with Gasteiger partial charge in [0.2, 0.25) is 0 Å². The second-order valence-electron chi connectivity index (χ2n) is 7.86. The lowest BCUT2D eigenvalue weighted by atomic mass is 10.0. The number of carbonyl (C=O) groups excluding carboxylic acids is 1. The molecule has 0 bridgehead atoms. The predicted molar refractivity (Wildman–Crippen MR) is 106 cm³/mol. The molecule has 162 valence electrons. The molecule has 0 aliphatic carbocycles. The van der Waals surface area contributed by atoms with Crippen LogP contribution in [-0.2, 0) is 0 Å². The Bertz CT molecular complexity index is 1150. The number of hydrogen-bond acceptors (Lipinski definition) is 5. The van der Waals surface area contributed by atoms with Crippen molar-refractivity contribution in [3.8, 4) is 0 Å². The van der Waals surface area contributed by atoms with Crippen LogP contribution in [0.25, 0.3) is 5.65 Å². The van der Waals surface area contributed by atoms with E-state index in [4.69, 9.17) is 0 Å². The maximum absolute atomic E-state index is 14.3. The monoisotopic (exact) mass is 432 g/mol. The molecule has 2 N–H and O–H groups in total. The maximum atomic E-state index is 14.3. The zero-order valence-electron chi connectivity index (χ0n) is 16.3. The van der Waals surface area contributed by atoms with Gasteiger partial charge in [-0.1, -0.05) is 12.1 Å². The van der Waals surface area contributed by atoms with Crippen LogP contribution in [0.2, 0.25) is 0 Å². The summed E-state index contributed by atoms with van der Waals surface area (Å²) in [6, 6.07) is 6.04. The number of nitrogens with zero attached hydrogens (tertiary/aromatic N) is 5. The number of nitrogens with one attached hydrogen (secondary N) is 1. The summed E-state index contributed by atoms with van der Waals surface area (Å²) in [6.45, 7) is -0.0807. The van der Waals surface area contributed by atoms with E-state index < -0.39 is 42.9 Å². The molecule has 2 saturated heterocycles. The van der Waals surface area contributed by atoms with E-state index in [0.29, 0.717) is 16.9 Å². The van der Waals surface area contributed by atoms with Gasteiger partial charge >= 0.3 is 6.03 Å². The fraction of sp³-hybridized carbons (Fsp3) is 0.350. The Morgan fingerprint density at radius 1 is 1.26 bits per heavy atom. The molecule has 1 atom stereocenters. The van der Waals surface area contributed by atoms with Crippen LogP contribution < -0.4 is 10.2 Å². The van der Waals surface area contributed by atoms with E-state index in [1.165, 1.54) is 38.7 Å². The quantitative estimate of drug-likeness (QED) is 0.665. The summed E-state index contributed by atoms with van der Waals surface area (Å²) in [5, 5.41) is 16.2. The predicted octanol–water partition coefficient (Wildman–Crippen LogP) is 2.66. The number of likely N-dealkylation sites (tertiary alicyclic amines) is 1. The van der Waals surface area contributed by atoms with Gasteiger partial charge in [0.05, 0.1) is 38.0 Å². The number of rotatable bonds is 3. The van der Waals surface area contributed by atoms with Crippen molar-refractivity contribution in [1.82, 2.24) is 19.5 Å². The molecule has 2 aliphatic heterocycles. The van der Waals surface area contributed by atoms with Crippen molar-refractivity contribution in [3.05, 3.63) is 54.1 Å². The van der Waals surface area contributed by atoms with E-state index >= 15 is 0 Å². The number of halogens is 3. The lowest BCUT2D eigenvalue weighted by molar-refractivity contribution is 0.0222. The van der Waals surface area contributed by atoms with Crippen LogP contribution in [0.5, 0.6) is 0 Å². The Morgan fingerprint density at radius 3 is 2.81 bits per heavy atom. The third-order valence-corrected chi connectivity index (χ3v) is 5.54. The van der Waals surface area contributed by atoms with Gasteiger partial charge in [-0.25, -0.2) is 27.5 Å². The van der Waals surface area contributed by atoms with Gasteiger partial charge in [-0.15, -0.1) is 0 Å². The smallest absolute Gasteiger partial charge is 0.322 e. The van der Waals surface area contributed by atoms with Crippen molar-refractivity contribution in [1.29, 1.82) is 0 Å². The highest BCUT2D eigenvalue weighted by Gasteiger charge is 2.46. The third kappa shape index (κ3) is 3.65. The molecular weight excluding hydrogens is 413 g/mol. The van der Waals surface area contributed by atoms with E-state index in [2.05, 4.69) is 15.4 Å². The molecule has 0 radical (unpaired) electrons. The summed E-state index contributed by atoms with van der Waals surface area (Å²) in [7, 11) is 0. The SMILES string of the molecule is O=C(Nc1cnn2ccc(N3CC(F)(F)C[C@@H]3c3cccc(F)c3)nc12)N1CC(O)C1. The summed E-state index contributed by atoms with van der Waals surface area (Å²) < 4.78 is 43.8. The number of fused-ring (bicyclic) bond motifs is 1. The molecule has 0 spiro atoms. The average Bonchev–Trinajstić information content (AvgIpc) is 3.25.